The molecule has 1 aromatic carbocycles. The number of carboxylic acid groups (broad SMARTS) is 1. The maximum absolute atomic E-state index is 13.8. The topological polar surface area (TPSA) is 80.9 Å². The van der Waals surface area contributed by atoms with Gasteiger partial charge in [-0.15, -0.1) is 5.10 Å². The summed E-state index contributed by atoms with van der Waals surface area (Å²) in [5.41, 5.74) is 0.213. The molecule has 1 atom stereocenters. The number of carbonyl (C=O) groups is 1. The SMILES string of the molecule is CC(Cn1nnnc1-c1c(F)cccc1Br)C(=O)O. The number of aromatic nitrogens is 4. The van der Waals surface area contributed by atoms with E-state index < -0.39 is 17.7 Å². The van der Waals surface area contributed by atoms with Crippen LogP contribution >= 0.6 is 15.9 Å². The molecule has 1 heterocycles. The van der Waals surface area contributed by atoms with Gasteiger partial charge in [-0.2, -0.15) is 0 Å². The number of benzene rings is 1. The number of hydrogen-bond acceptors (Lipinski definition) is 4. The van der Waals surface area contributed by atoms with Crippen molar-refractivity contribution in [3.8, 4) is 11.4 Å². The fourth-order valence-electron chi connectivity index (χ4n) is 1.56. The minimum absolute atomic E-state index is 0.0679. The van der Waals surface area contributed by atoms with E-state index in [1.807, 2.05) is 0 Å². The van der Waals surface area contributed by atoms with E-state index in [1.54, 1.807) is 12.1 Å². The van der Waals surface area contributed by atoms with Gasteiger partial charge in [-0.1, -0.05) is 13.0 Å². The van der Waals surface area contributed by atoms with Gasteiger partial charge < -0.3 is 5.11 Å². The minimum Gasteiger partial charge on any atom is -0.481 e. The molecule has 0 bridgehead atoms. The Kier molecular flexibility index (Phi) is 3.89. The lowest BCUT2D eigenvalue weighted by molar-refractivity contribution is -0.141. The van der Waals surface area contributed by atoms with E-state index in [0.717, 1.165) is 0 Å². The fourth-order valence-corrected chi connectivity index (χ4v) is 2.07. The molecule has 1 aromatic heterocycles. The van der Waals surface area contributed by atoms with Crippen molar-refractivity contribution in [3.05, 3.63) is 28.5 Å². The van der Waals surface area contributed by atoms with Crippen LogP contribution in [0.2, 0.25) is 0 Å². The van der Waals surface area contributed by atoms with Crippen LogP contribution in [0.4, 0.5) is 4.39 Å². The third kappa shape index (κ3) is 2.78. The van der Waals surface area contributed by atoms with Crippen LogP contribution in [0.25, 0.3) is 11.4 Å². The number of halogens is 2. The summed E-state index contributed by atoms with van der Waals surface area (Å²) in [5.74, 6) is -1.92. The van der Waals surface area contributed by atoms with Crippen LogP contribution in [-0.4, -0.2) is 31.3 Å². The van der Waals surface area contributed by atoms with Gasteiger partial charge in [0.2, 0.25) is 0 Å². The first-order valence-corrected chi connectivity index (χ1v) is 6.23. The van der Waals surface area contributed by atoms with Crippen molar-refractivity contribution >= 4 is 21.9 Å². The van der Waals surface area contributed by atoms with Crippen molar-refractivity contribution in [2.24, 2.45) is 5.92 Å². The minimum atomic E-state index is -0.964. The second-order valence-electron chi connectivity index (χ2n) is 4.02. The maximum Gasteiger partial charge on any atom is 0.308 e. The molecule has 0 amide bonds. The number of carboxylic acids is 1. The lowest BCUT2D eigenvalue weighted by Crippen LogP contribution is -2.18. The normalized spacial score (nSPS) is 12.4. The van der Waals surface area contributed by atoms with Crippen molar-refractivity contribution in [2.75, 3.05) is 0 Å². The first kappa shape index (κ1) is 13.6. The summed E-state index contributed by atoms with van der Waals surface area (Å²) in [4.78, 5) is 10.8. The zero-order valence-electron chi connectivity index (χ0n) is 9.92. The van der Waals surface area contributed by atoms with E-state index in [0.29, 0.717) is 4.47 Å². The summed E-state index contributed by atoms with van der Waals surface area (Å²) in [7, 11) is 0. The summed E-state index contributed by atoms with van der Waals surface area (Å²) >= 11 is 3.23. The van der Waals surface area contributed by atoms with Gasteiger partial charge in [-0.05, 0) is 38.5 Å². The number of nitrogens with zero attached hydrogens (tertiary/aromatic N) is 4. The lowest BCUT2D eigenvalue weighted by Gasteiger charge is -2.09. The van der Waals surface area contributed by atoms with Crippen molar-refractivity contribution in [1.29, 1.82) is 0 Å². The molecule has 2 rings (SSSR count). The molecule has 8 heteroatoms. The van der Waals surface area contributed by atoms with Gasteiger partial charge in [0.1, 0.15) is 5.82 Å². The molecule has 0 aliphatic rings. The van der Waals surface area contributed by atoms with Gasteiger partial charge in [0, 0.05) is 4.47 Å². The van der Waals surface area contributed by atoms with Gasteiger partial charge in [-0.25, -0.2) is 9.07 Å². The van der Waals surface area contributed by atoms with Crippen LogP contribution in [0.3, 0.4) is 0 Å². The van der Waals surface area contributed by atoms with Crippen LogP contribution in [0, 0.1) is 11.7 Å². The van der Waals surface area contributed by atoms with Crippen molar-refractivity contribution in [3.63, 3.8) is 0 Å². The van der Waals surface area contributed by atoms with Crippen LogP contribution in [0.1, 0.15) is 6.92 Å². The lowest BCUT2D eigenvalue weighted by atomic mass is 10.1. The maximum atomic E-state index is 13.8. The predicted molar refractivity (Wildman–Crippen MR) is 67.7 cm³/mol. The molecule has 2 aromatic rings. The molecule has 0 aliphatic heterocycles. The standard InChI is InChI=1S/C11H10BrFN4O2/c1-6(11(18)19)5-17-10(14-15-16-17)9-7(12)3-2-4-8(9)13/h2-4,6H,5H2,1H3,(H,18,19). The predicted octanol–water partition coefficient (Wildman–Crippen LogP) is 1.96. The highest BCUT2D eigenvalue weighted by atomic mass is 79.9. The summed E-state index contributed by atoms with van der Waals surface area (Å²) in [5, 5.41) is 19.8. The van der Waals surface area contributed by atoms with E-state index in [2.05, 4.69) is 31.5 Å². The van der Waals surface area contributed by atoms with Crippen LogP contribution in [0.15, 0.2) is 22.7 Å². The van der Waals surface area contributed by atoms with Crippen molar-refractivity contribution in [2.45, 2.75) is 13.5 Å². The van der Waals surface area contributed by atoms with E-state index in [9.17, 15) is 9.18 Å². The van der Waals surface area contributed by atoms with Gasteiger partial charge in [0.25, 0.3) is 0 Å². The summed E-state index contributed by atoms with van der Waals surface area (Å²) < 4.78 is 15.6. The number of rotatable bonds is 4. The van der Waals surface area contributed by atoms with E-state index in [-0.39, 0.29) is 17.9 Å². The smallest absolute Gasteiger partial charge is 0.308 e. The second-order valence-corrected chi connectivity index (χ2v) is 4.87. The van der Waals surface area contributed by atoms with E-state index >= 15 is 0 Å². The molecule has 0 radical (unpaired) electrons. The molecule has 6 nitrogen and oxygen atoms in total. The summed E-state index contributed by atoms with van der Waals surface area (Å²) in [6, 6.07) is 4.51. The third-order valence-corrected chi connectivity index (χ3v) is 3.25. The number of hydrogen-bond donors (Lipinski definition) is 1. The average Bonchev–Trinajstić information content (AvgIpc) is 2.77. The molecule has 1 N–H and O–H groups in total. The molecule has 0 spiro atoms. The van der Waals surface area contributed by atoms with Gasteiger partial charge >= 0.3 is 5.97 Å². The van der Waals surface area contributed by atoms with Crippen LogP contribution < -0.4 is 0 Å². The Bertz CT molecular complexity index is 596. The second kappa shape index (κ2) is 5.43. The zero-order valence-corrected chi connectivity index (χ0v) is 11.5. The molecule has 19 heavy (non-hydrogen) atoms. The van der Waals surface area contributed by atoms with Crippen LogP contribution in [-0.2, 0) is 11.3 Å². The monoisotopic (exact) mass is 328 g/mol. The largest absolute Gasteiger partial charge is 0.481 e. The first-order chi connectivity index (χ1) is 9.00. The zero-order chi connectivity index (χ0) is 14.0. The first-order valence-electron chi connectivity index (χ1n) is 5.44. The van der Waals surface area contributed by atoms with Crippen molar-refractivity contribution in [1.82, 2.24) is 20.2 Å². The molecule has 0 aliphatic carbocycles. The Morgan fingerprint density at radius 2 is 2.32 bits per heavy atom. The molecule has 1 unspecified atom stereocenters. The molecular weight excluding hydrogens is 319 g/mol. The Balaban J connectivity index is 2.42. The molecule has 0 fully saturated rings. The quantitative estimate of drug-likeness (QED) is 0.927. The van der Waals surface area contributed by atoms with Gasteiger partial charge in [0.15, 0.2) is 5.82 Å². The highest BCUT2D eigenvalue weighted by Gasteiger charge is 2.20. The number of tetrazole rings is 1. The fraction of sp³-hybridized carbons (Fsp3) is 0.273. The Morgan fingerprint density at radius 3 is 2.95 bits per heavy atom. The highest BCUT2D eigenvalue weighted by Crippen LogP contribution is 2.29. The molecule has 100 valence electrons. The van der Waals surface area contributed by atoms with Crippen molar-refractivity contribution < 1.29 is 14.3 Å². The Morgan fingerprint density at radius 1 is 1.58 bits per heavy atom. The summed E-state index contributed by atoms with van der Waals surface area (Å²) in [6.07, 6.45) is 0. The van der Waals surface area contributed by atoms with E-state index in [4.69, 9.17) is 5.11 Å². The Labute approximate surface area is 116 Å². The average molecular weight is 329 g/mol. The highest BCUT2D eigenvalue weighted by molar-refractivity contribution is 9.10. The Hall–Kier alpha value is -1.83. The van der Waals surface area contributed by atoms with Gasteiger partial charge in [-0.3, -0.25) is 4.79 Å². The number of aliphatic carboxylic acids is 1. The van der Waals surface area contributed by atoms with Crippen LogP contribution in [0.5, 0.6) is 0 Å². The molecule has 0 saturated carbocycles. The van der Waals surface area contributed by atoms with Gasteiger partial charge in [0.05, 0.1) is 18.0 Å². The molecular formula is C11H10BrFN4O2. The summed E-state index contributed by atoms with van der Waals surface area (Å²) in [6.45, 7) is 1.60. The van der Waals surface area contributed by atoms with E-state index in [1.165, 1.54) is 17.7 Å². The molecule has 0 saturated heterocycles. The third-order valence-electron chi connectivity index (χ3n) is 2.59.